The molecule has 0 aliphatic heterocycles. The van der Waals surface area contributed by atoms with Crippen molar-refractivity contribution in [2.45, 2.75) is 0 Å². The summed E-state index contributed by atoms with van der Waals surface area (Å²) >= 11 is 0. The van der Waals surface area contributed by atoms with E-state index in [-0.39, 0.29) is 11.3 Å². The van der Waals surface area contributed by atoms with E-state index in [2.05, 4.69) is 10.5 Å². The zero-order valence-corrected chi connectivity index (χ0v) is 10.4. The average molecular weight is 269 g/mol. The first kappa shape index (κ1) is 13.4. The van der Waals surface area contributed by atoms with Crippen molar-refractivity contribution in [3.8, 4) is 0 Å². The van der Waals surface area contributed by atoms with Gasteiger partial charge in [-0.2, -0.15) is 5.10 Å². The molecule has 0 aliphatic rings. The zero-order valence-electron chi connectivity index (χ0n) is 10.4. The van der Waals surface area contributed by atoms with E-state index in [0.29, 0.717) is 0 Å². The number of nitro groups is 1. The minimum Gasteiger partial charge on any atom is -0.267 e. The van der Waals surface area contributed by atoms with Crippen LogP contribution in [0.5, 0.6) is 0 Å². The molecule has 0 aromatic heterocycles. The maximum atomic E-state index is 11.8. The number of nitrogens with zero attached hydrogens (tertiary/aromatic N) is 2. The lowest BCUT2D eigenvalue weighted by Gasteiger charge is -1.99. The van der Waals surface area contributed by atoms with Crippen molar-refractivity contribution in [3.05, 3.63) is 75.8 Å². The molecule has 0 saturated carbocycles. The van der Waals surface area contributed by atoms with Crippen molar-refractivity contribution in [2.75, 3.05) is 0 Å². The van der Waals surface area contributed by atoms with Gasteiger partial charge in [0.2, 0.25) is 0 Å². The van der Waals surface area contributed by atoms with Crippen LogP contribution in [0, 0.1) is 10.1 Å². The molecule has 0 atom stereocenters. The topological polar surface area (TPSA) is 84.6 Å². The standard InChI is InChI=1S/C14H11N3O3/c18-14(12-7-4-8-13(9-12)17(19)20)16-15-10-11-5-2-1-3-6-11/h1-10H,(H,16,18)/b15-10-. The summed E-state index contributed by atoms with van der Waals surface area (Å²) in [5, 5.41) is 14.4. The number of non-ortho nitro benzene ring substituents is 1. The summed E-state index contributed by atoms with van der Waals surface area (Å²) in [6.45, 7) is 0. The number of carbonyl (C=O) groups is 1. The molecular formula is C14H11N3O3. The number of nitrogens with one attached hydrogen (secondary N) is 1. The van der Waals surface area contributed by atoms with E-state index >= 15 is 0 Å². The van der Waals surface area contributed by atoms with Crippen LogP contribution in [0.25, 0.3) is 0 Å². The molecule has 0 bridgehead atoms. The quantitative estimate of drug-likeness (QED) is 0.525. The third-order valence-corrected chi connectivity index (χ3v) is 2.50. The number of carbonyl (C=O) groups excluding carboxylic acids is 1. The normalized spacial score (nSPS) is 10.4. The molecule has 0 radical (unpaired) electrons. The van der Waals surface area contributed by atoms with Gasteiger partial charge in [0, 0.05) is 17.7 Å². The Kier molecular flexibility index (Phi) is 4.18. The Bertz CT molecular complexity index is 654. The second-order valence-electron chi connectivity index (χ2n) is 3.92. The minimum atomic E-state index is -0.552. The predicted octanol–water partition coefficient (Wildman–Crippen LogP) is 2.36. The number of amides is 1. The van der Waals surface area contributed by atoms with Gasteiger partial charge in [0.1, 0.15) is 0 Å². The fourth-order valence-corrected chi connectivity index (χ4v) is 1.53. The second kappa shape index (κ2) is 6.24. The Balaban J connectivity index is 2.04. The molecule has 6 heteroatoms. The Morgan fingerprint density at radius 1 is 1.15 bits per heavy atom. The van der Waals surface area contributed by atoms with Gasteiger partial charge in [-0.3, -0.25) is 14.9 Å². The largest absolute Gasteiger partial charge is 0.271 e. The zero-order chi connectivity index (χ0) is 14.4. The highest BCUT2D eigenvalue weighted by Crippen LogP contribution is 2.12. The van der Waals surface area contributed by atoms with Crippen molar-refractivity contribution < 1.29 is 9.72 Å². The Morgan fingerprint density at radius 3 is 2.60 bits per heavy atom. The monoisotopic (exact) mass is 269 g/mol. The molecule has 0 spiro atoms. The van der Waals surface area contributed by atoms with Gasteiger partial charge in [0.25, 0.3) is 11.6 Å². The van der Waals surface area contributed by atoms with Gasteiger partial charge >= 0.3 is 0 Å². The van der Waals surface area contributed by atoms with Crippen LogP contribution in [-0.4, -0.2) is 17.0 Å². The molecule has 2 aromatic rings. The second-order valence-corrected chi connectivity index (χ2v) is 3.92. The van der Waals surface area contributed by atoms with E-state index in [0.717, 1.165) is 5.56 Å². The predicted molar refractivity (Wildman–Crippen MR) is 74.6 cm³/mol. The fraction of sp³-hybridized carbons (Fsp3) is 0. The van der Waals surface area contributed by atoms with Crippen molar-refractivity contribution in [3.63, 3.8) is 0 Å². The van der Waals surface area contributed by atoms with Crippen LogP contribution >= 0.6 is 0 Å². The van der Waals surface area contributed by atoms with Gasteiger partial charge in [-0.05, 0) is 11.6 Å². The third-order valence-electron chi connectivity index (χ3n) is 2.50. The molecule has 0 fully saturated rings. The summed E-state index contributed by atoms with van der Waals surface area (Å²) < 4.78 is 0. The van der Waals surface area contributed by atoms with Gasteiger partial charge in [-0.1, -0.05) is 36.4 Å². The molecule has 6 nitrogen and oxygen atoms in total. The molecule has 0 saturated heterocycles. The molecule has 2 rings (SSSR count). The summed E-state index contributed by atoms with van der Waals surface area (Å²) in [6, 6.07) is 14.7. The van der Waals surface area contributed by atoms with Crippen LogP contribution < -0.4 is 5.43 Å². The molecule has 1 N–H and O–H groups in total. The molecule has 1 amide bonds. The maximum absolute atomic E-state index is 11.8. The summed E-state index contributed by atoms with van der Waals surface area (Å²) in [6.07, 6.45) is 1.50. The van der Waals surface area contributed by atoms with Crippen LogP contribution in [0.2, 0.25) is 0 Å². The van der Waals surface area contributed by atoms with E-state index < -0.39 is 10.8 Å². The van der Waals surface area contributed by atoms with Crippen molar-refractivity contribution in [1.82, 2.24) is 5.43 Å². The smallest absolute Gasteiger partial charge is 0.267 e. The number of hydrogen-bond acceptors (Lipinski definition) is 4. The Hall–Kier alpha value is -3.02. The summed E-state index contributed by atoms with van der Waals surface area (Å²) in [4.78, 5) is 21.8. The summed E-state index contributed by atoms with van der Waals surface area (Å²) in [5.74, 6) is -0.499. The van der Waals surface area contributed by atoms with Gasteiger partial charge < -0.3 is 0 Å². The maximum Gasteiger partial charge on any atom is 0.271 e. The molecule has 0 unspecified atom stereocenters. The molecule has 20 heavy (non-hydrogen) atoms. The first-order valence-electron chi connectivity index (χ1n) is 5.80. The third kappa shape index (κ3) is 3.49. The molecule has 100 valence electrons. The van der Waals surface area contributed by atoms with Crippen molar-refractivity contribution in [1.29, 1.82) is 0 Å². The number of hydrogen-bond donors (Lipinski definition) is 1. The first-order chi connectivity index (χ1) is 9.66. The van der Waals surface area contributed by atoms with Gasteiger partial charge in [0.15, 0.2) is 0 Å². The highest BCUT2D eigenvalue weighted by molar-refractivity contribution is 5.95. The Morgan fingerprint density at radius 2 is 1.90 bits per heavy atom. The van der Waals surface area contributed by atoms with Crippen LogP contribution in [0.15, 0.2) is 59.7 Å². The first-order valence-corrected chi connectivity index (χ1v) is 5.80. The summed E-state index contributed by atoms with van der Waals surface area (Å²) in [5.41, 5.74) is 3.21. The lowest BCUT2D eigenvalue weighted by molar-refractivity contribution is -0.384. The minimum absolute atomic E-state index is 0.135. The van der Waals surface area contributed by atoms with Crippen LogP contribution in [-0.2, 0) is 0 Å². The van der Waals surface area contributed by atoms with Crippen LogP contribution in [0.3, 0.4) is 0 Å². The van der Waals surface area contributed by atoms with E-state index in [1.807, 2.05) is 30.3 Å². The van der Waals surface area contributed by atoms with E-state index in [1.54, 1.807) is 0 Å². The molecule has 0 aliphatic carbocycles. The highest BCUT2D eigenvalue weighted by atomic mass is 16.6. The van der Waals surface area contributed by atoms with Gasteiger partial charge in [0.05, 0.1) is 11.1 Å². The lowest BCUT2D eigenvalue weighted by Crippen LogP contribution is -2.17. The lowest BCUT2D eigenvalue weighted by atomic mass is 10.2. The summed E-state index contributed by atoms with van der Waals surface area (Å²) in [7, 11) is 0. The van der Waals surface area contributed by atoms with Gasteiger partial charge in [-0.25, -0.2) is 5.43 Å². The van der Waals surface area contributed by atoms with Crippen molar-refractivity contribution >= 4 is 17.8 Å². The van der Waals surface area contributed by atoms with Gasteiger partial charge in [-0.15, -0.1) is 0 Å². The molecule has 2 aromatic carbocycles. The Labute approximate surface area is 114 Å². The SMILES string of the molecule is O=C(N/N=C\c1ccccc1)c1cccc([N+](=O)[O-])c1. The average Bonchev–Trinajstić information content (AvgIpc) is 2.48. The van der Waals surface area contributed by atoms with E-state index in [4.69, 9.17) is 0 Å². The van der Waals surface area contributed by atoms with E-state index in [1.165, 1.54) is 30.5 Å². The molecular weight excluding hydrogens is 258 g/mol. The number of nitro benzene ring substituents is 1. The number of benzene rings is 2. The van der Waals surface area contributed by atoms with Crippen LogP contribution in [0.4, 0.5) is 5.69 Å². The van der Waals surface area contributed by atoms with Crippen molar-refractivity contribution in [2.24, 2.45) is 5.10 Å². The number of rotatable bonds is 4. The van der Waals surface area contributed by atoms with E-state index in [9.17, 15) is 14.9 Å². The van der Waals surface area contributed by atoms with Crippen LogP contribution in [0.1, 0.15) is 15.9 Å². The fourth-order valence-electron chi connectivity index (χ4n) is 1.53. The highest BCUT2D eigenvalue weighted by Gasteiger charge is 2.10. The number of hydrazone groups is 1. The molecule has 0 heterocycles.